The molecule has 1 aliphatic rings. The van der Waals surface area contributed by atoms with Gasteiger partial charge in [-0.15, -0.1) is 0 Å². The van der Waals surface area contributed by atoms with Crippen molar-refractivity contribution in [1.82, 2.24) is 4.90 Å². The number of carbonyl (C=O) groups excluding carboxylic acids is 1. The van der Waals surface area contributed by atoms with Crippen LogP contribution >= 0.6 is 0 Å². The van der Waals surface area contributed by atoms with Crippen LogP contribution in [-0.2, 0) is 11.4 Å². The Morgan fingerprint density at radius 3 is 2.56 bits per heavy atom. The third-order valence-corrected chi connectivity index (χ3v) is 4.77. The summed E-state index contributed by atoms with van der Waals surface area (Å²) in [6.45, 7) is 6.54. The third-order valence-electron chi connectivity index (χ3n) is 4.77. The first-order valence-electron chi connectivity index (χ1n) is 8.96. The maximum absolute atomic E-state index is 12.5. The molecule has 1 unspecified atom stereocenters. The highest BCUT2D eigenvalue weighted by Gasteiger charge is 2.24. The average Bonchev–Trinajstić information content (AvgIpc) is 3.17. The molecule has 25 heavy (non-hydrogen) atoms. The molecule has 1 fully saturated rings. The minimum Gasteiger partial charge on any atom is -0.489 e. The minimum atomic E-state index is -0.0871. The first-order chi connectivity index (χ1) is 12.1. The zero-order valence-corrected chi connectivity index (χ0v) is 15.0. The molecule has 0 aromatic heterocycles. The Morgan fingerprint density at radius 2 is 1.88 bits per heavy atom. The van der Waals surface area contributed by atoms with Crippen LogP contribution in [0.3, 0.4) is 0 Å². The largest absolute Gasteiger partial charge is 0.489 e. The van der Waals surface area contributed by atoms with Crippen LogP contribution in [0.4, 0.5) is 5.69 Å². The maximum Gasteiger partial charge on any atom is 0.241 e. The lowest BCUT2D eigenvalue weighted by Gasteiger charge is -2.23. The number of aryl methyl sites for hydroxylation is 1. The predicted molar refractivity (Wildman–Crippen MR) is 101 cm³/mol. The van der Waals surface area contributed by atoms with E-state index >= 15 is 0 Å². The van der Waals surface area contributed by atoms with Gasteiger partial charge in [-0.3, -0.25) is 9.69 Å². The van der Waals surface area contributed by atoms with Crippen molar-refractivity contribution in [2.45, 2.75) is 39.3 Å². The molecule has 0 aliphatic carbocycles. The van der Waals surface area contributed by atoms with E-state index in [0.717, 1.165) is 35.7 Å². The van der Waals surface area contributed by atoms with Crippen molar-refractivity contribution in [2.24, 2.45) is 0 Å². The fourth-order valence-electron chi connectivity index (χ4n) is 3.14. The molecule has 1 N–H and O–H groups in total. The van der Waals surface area contributed by atoms with E-state index in [9.17, 15) is 4.79 Å². The molecule has 4 heteroatoms. The Bertz CT molecular complexity index is 709. The Morgan fingerprint density at radius 1 is 1.16 bits per heavy atom. The van der Waals surface area contributed by atoms with E-state index in [1.165, 1.54) is 12.8 Å². The number of ether oxygens (including phenoxy) is 1. The highest BCUT2D eigenvalue weighted by atomic mass is 16.5. The summed E-state index contributed by atoms with van der Waals surface area (Å²) in [7, 11) is 0. The lowest BCUT2D eigenvalue weighted by atomic mass is 10.1. The number of hydrogen-bond donors (Lipinski definition) is 1. The van der Waals surface area contributed by atoms with E-state index in [4.69, 9.17) is 4.74 Å². The van der Waals surface area contributed by atoms with Crippen molar-refractivity contribution in [3.05, 3.63) is 59.7 Å². The van der Waals surface area contributed by atoms with Crippen LogP contribution in [0.25, 0.3) is 0 Å². The molecule has 2 aromatic rings. The van der Waals surface area contributed by atoms with E-state index in [-0.39, 0.29) is 11.9 Å². The molecule has 1 saturated heterocycles. The molecular formula is C21H26N2O2. The lowest BCUT2D eigenvalue weighted by Crippen LogP contribution is -2.40. The fourth-order valence-corrected chi connectivity index (χ4v) is 3.14. The van der Waals surface area contributed by atoms with Crippen LogP contribution in [-0.4, -0.2) is 29.9 Å². The van der Waals surface area contributed by atoms with Gasteiger partial charge < -0.3 is 10.1 Å². The number of hydrogen-bond acceptors (Lipinski definition) is 3. The summed E-state index contributed by atoms with van der Waals surface area (Å²) in [5.74, 6) is 0.870. The molecule has 1 aliphatic heterocycles. The normalized spacial score (nSPS) is 15.8. The van der Waals surface area contributed by atoms with Crippen LogP contribution < -0.4 is 10.1 Å². The second kappa shape index (κ2) is 8.17. The molecule has 0 spiro atoms. The molecule has 1 amide bonds. The molecule has 1 atom stereocenters. The Balaban J connectivity index is 1.58. The molecule has 0 radical (unpaired) electrons. The molecular weight excluding hydrogens is 312 g/mol. The number of nitrogens with one attached hydrogen (secondary N) is 1. The zero-order chi connectivity index (χ0) is 17.6. The SMILES string of the molecule is Cc1cc(OCc2ccccc2)ccc1NC(=O)C(C)N1CCCC1. The van der Waals surface area contributed by atoms with Crippen LogP contribution in [0.1, 0.15) is 30.9 Å². The average molecular weight is 338 g/mol. The van der Waals surface area contributed by atoms with Gasteiger partial charge in [0.15, 0.2) is 0 Å². The van der Waals surface area contributed by atoms with Crippen molar-refractivity contribution >= 4 is 11.6 Å². The predicted octanol–water partition coefficient (Wildman–Crippen LogP) is 4.00. The van der Waals surface area contributed by atoms with Gasteiger partial charge in [-0.05, 0) is 69.1 Å². The summed E-state index contributed by atoms with van der Waals surface area (Å²) in [4.78, 5) is 14.7. The number of carbonyl (C=O) groups is 1. The molecule has 4 nitrogen and oxygen atoms in total. The monoisotopic (exact) mass is 338 g/mol. The van der Waals surface area contributed by atoms with Gasteiger partial charge in [-0.25, -0.2) is 0 Å². The highest BCUT2D eigenvalue weighted by molar-refractivity contribution is 5.95. The molecule has 1 heterocycles. The van der Waals surface area contributed by atoms with Crippen molar-refractivity contribution in [1.29, 1.82) is 0 Å². The smallest absolute Gasteiger partial charge is 0.241 e. The maximum atomic E-state index is 12.5. The zero-order valence-electron chi connectivity index (χ0n) is 15.0. The Kier molecular flexibility index (Phi) is 5.71. The number of amides is 1. The summed E-state index contributed by atoms with van der Waals surface area (Å²) in [5, 5.41) is 3.05. The number of anilines is 1. The number of rotatable bonds is 6. The van der Waals surface area contributed by atoms with E-state index in [2.05, 4.69) is 10.2 Å². The first kappa shape index (κ1) is 17.5. The topological polar surface area (TPSA) is 41.6 Å². The van der Waals surface area contributed by atoms with E-state index in [1.54, 1.807) is 0 Å². The summed E-state index contributed by atoms with van der Waals surface area (Å²) in [6, 6.07) is 15.8. The van der Waals surface area contributed by atoms with Crippen molar-refractivity contribution in [2.75, 3.05) is 18.4 Å². The molecule has 3 rings (SSSR count). The molecule has 132 valence electrons. The molecule has 0 bridgehead atoms. The van der Waals surface area contributed by atoms with E-state index in [1.807, 2.05) is 62.4 Å². The van der Waals surface area contributed by atoms with Gasteiger partial charge in [0.1, 0.15) is 12.4 Å². The van der Waals surface area contributed by atoms with Crippen LogP contribution in [0.5, 0.6) is 5.75 Å². The Hall–Kier alpha value is -2.33. The van der Waals surface area contributed by atoms with Crippen LogP contribution in [0.2, 0.25) is 0 Å². The fraction of sp³-hybridized carbons (Fsp3) is 0.381. The first-order valence-corrected chi connectivity index (χ1v) is 8.96. The number of nitrogens with zero attached hydrogens (tertiary/aromatic N) is 1. The van der Waals surface area contributed by atoms with Crippen molar-refractivity contribution in [3.8, 4) is 5.75 Å². The van der Waals surface area contributed by atoms with Gasteiger partial charge in [0.2, 0.25) is 5.91 Å². The van der Waals surface area contributed by atoms with Gasteiger partial charge in [-0.2, -0.15) is 0 Å². The second-order valence-corrected chi connectivity index (χ2v) is 6.66. The molecule has 2 aromatic carbocycles. The number of likely N-dealkylation sites (tertiary alicyclic amines) is 1. The summed E-state index contributed by atoms with van der Waals surface area (Å²) in [5.41, 5.74) is 2.99. The highest BCUT2D eigenvalue weighted by Crippen LogP contribution is 2.23. The van der Waals surface area contributed by atoms with E-state index in [0.29, 0.717) is 6.61 Å². The number of benzene rings is 2. The van der Waals surface area contributed by atoms with E-state index < -0.39 is 0 Å². The lowest BCUT2D eigenvalue weighted by molar-refractivity contribution is -0.120. The van der Waals surface area contributed by atoms with Crippen molar-refractivity contribution < 1.29 is 9.53 Å². The Labute approximate surface area is 149 Å². The van der Waals surface area contributed by atoms with Crippen molar-refractivity contribution in [3.63, 3.8) is 0 Å². The molecule has 0 saturated carbocycles. The van der Waals surface area contributed by atoms with Gasteiger partial charge >= 0.3 is 0 Å². The summed E-state index contributed by atoms with van der Waals surface area (Å²) < 4.78 is 5.84. The van der Waals surface area contributed by atoms with Gasteiger partial charge in [-0.1, -0.05) is 30.3 Å². The van der Waals surface area contributed by atoms with Crippen LogP contribution in [0, 0.1) is 6.92 Å². The van der Waals surface area contributed by atoms with Crippen LogP contribution in [0.15, 0.2) is 48.5 Å². The summed E-state index contributed by atoms with van der Waals surface area (Å²) >= 11 is 0. The minimum absolute atomic E-state index is 0.0583. The third kappa shape index (κ3) is 4.60. The standard InChI is InChI=1S/C21H26N2O2/c1-16-14-19(25-15-18-8-4-3-5-9-18)10-11-20(16)22-21(24)17(2)23-12-6-7-13-23/h3-5,8-11,14,17H,6-7,12-13,15H2,1-2H3,(H,22,24). The second-order valence-electron chi connectivity index (χ2n) is 6.66. The van der Waals surface area contributed by atoms with Gasteiger partial charge in [0.05, 0.1) is 6.04 Å². The van der Waals surface area contributed by atoms with Gasteiger partial charge in [0.25, 0.3) is 0 Å². The summed E-state index contributed by atoms with van der Waals surface area (Å²) in [6.07, 6.45) is 2.37. The quantitative estimate of drug-likeness (QED) is 0.866. The van der Waals surface area contributed by atoms with Gasteiger partial charge in [0, 0.05) is 5.69 Å².